The lowest BCUT2D eigenvalue weighted by Gasteiger charge is -2.24. The second kappa shape index (κ2) is 5.91. The first-order valence-corrected chi connectivity index (χ1v) is 7.45. The third-order valence-electron chi connectivity index (χ3n) is 3.22. The van der Waals surface area contributed by atoms with E-state index < -0.39 is 4.92 Å². The first kappa shape index (κ1) is 15.0. The number of nitrogens with zero attached hydrogens (tertiary/aromatic N) is 2. The number of nitro groups is 1. The normalized spacial score (nSPS) is 14.4. The predicted octanol–water partition coefficient (Wildman–Crippen LogP) is 3.62. The van der Waals surface area contributed by atoms with E-state index in [0.29, 0.717) is 18.0 Å². The van der Waals surface area contributed by atoms with Gasteiger partial charge in [0.05, 0.1) is 10.5 Å². The number of halogens is 1. The Kier molecular flexibility index (Phi) is 4.42. The minimum Gasteiger partial charge on any atom is -0.335 e. The maximum absolute atomic E-state index is 12.6. The summed E-state index contributed by atoms with van der Waals surface area (Å²) >= 11 is 3.20. The third kappa shape index (κ3) is 3.17. The van der Waals surface area contributed by atoms with Crippen molar-refractivity contribution < 1.29 is 9.72 Å². The largest absolute Gasteiger partial charge is 0.335 e. The predicted molar refractivity (Wildman–Crippen MR) is 79.7 cm³/mol. The van der Waals surface area contributed by atoms with Crippen molar-refractivity contribution in [2.24, 2.45) is 5.92 Å². The summed E-state index contributed by atoms with van der Waals surface area (Å²) in [5, 5.41) is 10.9. The van der Waals surface area contributed by atoms with Crippen molar-refractivity contribution in [3.8, 4) is 0 Å². The summed E-state index contributed by atoms with van der Waals surface area (Å²) in [6.07, 6.45) is 2.04. The van der Waals surface area contributed by atoms with E-state index in [4.69, 9.17) is 0 Å². The Balaban J connectivity index is 2.32. The van der Waals surface area contributed by atoms with E-state index in [-0.39, 0.29) is 22.1 Å². The zero-order chi connectivity index (χ0) is 14.9. The molecule has 0 radical (unpaired) electrons. The smallest absolute Gasteiger partial charge is 0.284 e. The number of carbonyl (C=O) groups is 1. The minimum atomic E-state index is -0.481. The van der Waals surface area contributed by atoms with Gasteiger partial charge in [-0.05, 0) is 40.8 Å². The monoisotopic (exact) mass is 340 g/mol. The summed E-state index contributed by atoms with van der Waals surface area (Å²) in [6, 6.07) is 4.87. The molecular formula is C14H17BrN2O3. The van der Waals surface area contributed by atoms with Crippen molar-refractivity contribution >= 4 is 27.5 Å². The standard InChI is InChI=1S/C14H17BrN2O3/c1-9(2)8-16(10-6-7-10)14(18)11-4-3-5-12(13(11)15)17(19)20/h3-5,9-10H,6-8H2,1-2H3. The Bertz CT molecular complexity index is 541. The van der Waals surface area contributed by atoms with Crippen molar-refractivity contribution in [2.45, 2.75) is 32.7 Å². The zero-order valence-corrected chi connectivity index (χ0v) is 13.1. The molecule has 20 heavy (non-hydrogen) atoms. The van der Waals surface area contributed by atoms with Gasteiger partial charge >= 0.3 is 0 Å². The molecule has 0 heterocycles. The highest BCUT2D eigenvalue weighted by Crippen LogP contribution is 2.33. The molecule has 1 saturated carbocycles. The number of benzene rings is 1. The van der Waals surface area contributed by atoms with E-state index in [0.717, 1.165) is 12.8 Å². The van der Waals surface area contributed by atoms with Gasteiger partial charge in [0.2, 0.25) is 0 Å². The van der Waals surface area contributed by atoms with Crippen molar-refractivity contribution in [3.63, 3.8) is 0 Å². The van der Waals surface area contributed by atoms with Gasteiger partial charge in [-0.25, -0.2) is 0 Å². The van der Waals surface area contributed by atoms with E-state index in [1.165, 1.54) is 6.07 Å². The molecule has 108 valence electrons. The number of nitro benzene ring substituents is 1. The van der Waals surface area contributed by atoms with Crippen LogP contribution in [0.2, 0.25) is 0 Å². The molecule has 1 aliphatic rings. The average Bonchev–Trinajstić information content (AvgIpc) is 3.19. The lowest BCUT2D eigenvalue weighted by molar-refractivity contribution is -0.385. The van der Waals surface area contributed by atoms with Crippen LogP contribution in [0.5, 0.6) is 0 Å². The van der Waals surface area contributed by atoms with Crippen LogP contribution >= 0.6 is 15.9 Å². The second-order valence-corrected chi connectivity index (χ2v) is 6.27. The van der Waals surface area contributed by atoms with Gasteiger partial charge in [0.1, 0.15) is 4.47 Å². The quantitative estimate of drug-likeness (QED) is 0.607. The van der Waals surface area contributed by atoms with Gasteiger partial charge in [-0.2, -0.15) is 0 Å². The Morgan fingerprint density at radius 3 is 2.65 bits per heavy atom. The van der Waals surface area contributed by atoms with Crippen molar-refractivity contribution in [3.05, 3.63) is 38.3 Å². The summed E-state index contributed by atoms with van der Waals surface area (Å²) in [7, 11) is 0. The van der Waals surface area contributed by atoms with E-state index in [2.05, 4.69) is 29.8 Å². The lowest BCUT2D eigenvalue weighted by Crippen LogP contribution is -2.36. The summed E-state index contributed by atoms with van der Waals surface area (Å²) in [5.41, 5.74) is 0.294. The molecule has 0 atom stereocenters. The van der Waals surface area contributed by atoms with Crippen LogP contribution in [0.25, 0.3) is 0 Å². The molecule has 2 rings (SSSR count). The van der Waals surface area contributed by atoms with Crippen LogP contribution in [0.3, 0.4) is 0 Å². The van der Waals surface area contributed by atoms with Crippen LogP contribution in [0.4, 0.5) is 5.69 Å². The molecule has 0 N–H and O–H groups in total. The third-order valence-corrected chi connectivity index (χ3v) is 4.05. The number of rotatable bonds is 5. The fourth-order valence-corrected chi connectivity index (χ4v) is 2.74. The summed E-state index contributed by atoms with van der Waals surface area (Å²) in [4.78, 5) is 24.9. The number of hydrogen-bond donors (Lipinski definition) is 0. The maximum atomic E-state index is 12.6. The first-order valence-electron chi connectivity index (χ1n) is 6.65. The highest BCUT2D eigenvalue weighted by atomic mass is 79.9. The van der Waals surface area contributed by atoms with Crippen molar-refractivity contribution in [1.29, 1.82) is 0 Å². The number of hydrogen-bond acceptors (Lipinski definition) is 3. The van der Waals surface area contributed by atoms with E-state index in [9.17, 15) is 14.9 Å². The Morgan fingerprint density at radius 1 is 1.50 bits per heavy atom. The molecule has 0 aliphatic heterocycles. The Morgan fingerprint density at radius 2 is 2.15 bits per heavy atom. The van der Waals surface area contributed by atoms with Gasteiger partial charge in [-0.3, -0.25) is 14.9 Å². The van der Waals surface area contributed by atoms with Crippen molar-refractivity contribution in [1.82, 2.24) is 4.90 Å². The molecule has 1 aromatic carbocycles. The van der Waals surface area contributed by atoms with Gasteiger partial charge in [0.15, 0.2) is 0 Å². The fourth-order valence-electron chi connectivity index (χ4n) is 2.16. The molecule has 1 amide bonds. The minimum absolute atomic E-state index is 0.0730. The zero-order valence-electron chi connectivity index (χ0n) is 11.5. The van der Waals surface area contributed by atoms with Gasteiger partial charge < -0.3 is 4.90 Å². The average molecular weight is 341 g/mol. The highest BCUT2D eigenvalue weighted by Gasteiger charge is 2.34. The molecule has 1 aliphatic carbocycles. The molecule has 1 aromatic rings. The molecule has 0 spiro atoms. The van der Waals surface area contributed by atoms with E-state index in [1.54, 1.807) is 12.1 Å². The lowest BCUT2D eigenvalue weighted by atomic mass is 10.1. The maximum Gasteiger partial charge on any atom is 0.284 e. The highest BCUT2D eigenvalue weighted by molar-refractivity contribution is 9.10. The molecule has 6 heteroatoms. The van der Waals surface area contributed by atoms with Crippen LogP contribution in [0, 0.1) is 16.0 Å². The summed E-state index contributed by atoms with van der Waals surface area (Å²) in [5.74, 6) is 0.244. The molecule has 0 aromatic heterocycles. The molecule has 0 unspecified atom stereocenters. The van der Waals surface area contributed by atoms with E-state index in [1.807, 2.05) is 4.90 Å². The topological polar surface area (TPSA) is 63.5 Å². The van der Waals surface area contributed by atoms with Gasteiger partial charge in [0.25, 0.3) is 11.6 Å². The fraction of sp³-hybridized carbons (Fsp3) is 0.500. The van der Waals surface area contributed by atoms with Crippen LogP contribution in [-0.4, -0.2) is 28.3 Å². The van der Waals surface area contributed by atoms with Crippen LogP contribution in [0.1, 0.15) is 37.0 Å². The second-order valence-electron chi connectivity index (χ2n) is 5.48. The van der Waals surface area contributed by atoms with E-state index >= 15 is 0 Å². The number of carbonyl (C=O) groups excluding carboxylic acids is 1. The molecule has 0 bridgehead atoms. The molecule has 0 saturated heterocycles. The van der Waals surface area contributed by atoms with Gasteiger partial charge in [-0.1, -0.05) is 19.9 Å². The van der Waals surface area contributed by atoms with Crippen LogP contribution in [0.15, 0.2) is 22.7 Å². The van der Waals surface area contributed by atoms with Gasteiger partial charge in [-0.15, -0.1) is 0 Å². The number of amides is 1. The molecule has 1 fully saturated rings. The first-order chi connectivity index (χ1) is 9.41. The summed E-state index contributed by atoms with van der Waals surface area (Å²) in [6.45, 7) is 4.80. The SMILES string of the molecule is CC(C)CN(C(=O)c1cccc([N+](=O)[O-])c1Br)C1CC1. The van der Waals surface area contributed by atoms with Crippen molar-refractivity contribution in [2.75, 3.05) is 6.54 Å². The van der Waals surface area contributed by atoms with Crippen LogP contribution in [-0.2, 0) is 0 Å². The molecule has 5 nitrogen and oxygen atoms in total. The van der Waals surface area contributed by atoms with Crippen LogP contribution < -0.4 is 0 Å². The Hall–Kier alpha value is -1.43. The molecular weight excluding hydrogens is 324 g/mol. The Labute approximate surface area is 126 Å². The summed E-state index contributed by atoms with van der Waals surface area (Å²) < 4.78 is 0.268. The van der Waals surface area contributed by atoms with Gasteiger partial charge in [0, 0.05) is 18.7 Å².